The van der Waals surface area contributed by atoms with Gasteiger partial charge in [0.15, 0.2) is 0 Å². The lowest BCUT2D eigenvalue weighted by Gasteiger charge is -2.19. The van der Waals surface area contributed by atoms with Crippen molar-refractivity contribution in [1.29, 1.82) is 0 Å². The Morgan fingerprint density at radius 2 is 1.95 bits per heavy atom. The number of benzene rings is 2. The third-order valence-corrected chi connectivity index (χ3v) is 3.71. The molecule has 0 aliphatic rings. The fourth-order valence-electron chi connectivity index (χ4n) is 2.26. The van der Waals surface area contributed by atoms with Crippen molar-refractivity contribution >= 4 is 15.9 Å². The molecule has 0 fully saturated rings. The molecular formula is C19H20BrNO. The van der Waals surface area contributed by atoms with Gasteiger partial charge in [0.1, 0.15) is 5.75 Å². The molecule has 0 saturated heterocycles. The maximum Gasteiger partial charge on any atom is 0.115 e. The SMILES string of the molecule is CCCN(CC#Cc1cccc(Br)c1)Cc1cccc(O)c1. The molecule has 0 heterocycles. The van der Waals surface area contributed by atoms with E-state index >= 15 is 0 Å². The molecule has 0 bridgehead atoms. The zero-order valence-electron chi connectivity index (χ0n) is 12.7. The molecule has 0 unspecified atom stereocenters. The van der Waals surface area contributed by atoms with Gasteiger partial charge in [0.25, 0.3) is 0 Å². The van der Waals surface area contributed by atoms with E-state index in [0.717, 1.165) is 41.7 Å². The van der Waals surface area contributed by atoms with Crippen molar-refractivity contribution < 1.29 is 5.11 Å². The summed E-state index contributed by atoms with van der Waals surface area (Å²) in [5.74, 6) is 6.76. The van der Waals surface area contributed by atoms with E-state index in [2.05, 4.69) is 39.6 Å². The van der Waals surface area contributed by atoms with Crippen LogP contribution in [0.2, 0.25) is 0 Å². The van der Waals surface area contributed by atoms with E-state index in [1.807, 2.05) is 42.5 Å². The van der Waals surface area contributed by atoms with Gasteiger partial charge < -0.3 is 5.11 Å². The van der Waals surface area contributed by atoms with Gasteiger partial charge in [0, 0.05) is 16.6 Å². The van der Waals surface area contributed by atoms with Crippen LogP contribution in [-0.4, -0.2) is 23.1 Å². The van der Waals surface area contributed by atoms with E-state index in [1.165, 1.54) is 0 Å². The second-order valence-electron chi connectivity index (χ2n) is 5.19. The first kappa shape index (κ1) is 16.6. The predicted octanol–water partition coefficient (Wildman–Crippen LogP) is 4.42. The van der Waals surface area contributed by atoms with Crippen molar-refractivity contribution in [2.45, 2.75) is 19.9 Å². The number of hydrogen-bond acceptors (Lipinski definition) is 2. The number of rotatable bonds is 5. The van der Waals surface area contributed by atoms with Crippen LogP contribution in [0.25, 0.3) is 0 Å². The van der Waals surface area contributed by atoms with Crippen molar-refractivity contribution in [2.75, 3.05) is 13.1 Å². The zero-order chi connectivity index (χ0) is 15.8. The van der Waals surface area contributed by atoms with E-state index in [0.29, 0.717) is 5.75 Å². The Kier molecular flexibility index (Phi) is 6.51. The molecule has 0 aromatic heterocycles. The highest BCUT2D eigenvalue weighted by Gasteiger charge is 2.04. The summed E-state index contributed by atoms with van der Waals surface area (Å²) in [5.41, 5.74) is 2.13. The minimum atomic E-state index is 0.314. The Balaban J connectivity index is 2.00. The Morgan fingerprint density at radius 3 is 2.68 bits per heavy atom. The molecule has 1 N–H and O–H groups in total. The van der Waals surface area contributed by atoms with Gasteiger partial charge in [-0.15, -0.1) is 0 Å². The second kappa shape index (κ2) is 8.63. The summed E-state index contributed by atoms with van der Waals surface area (Å²) < 4.78 is 1.05. The summed E-state index contributed by atoms with van der Waals surface area (Å²) in [4.78, 5) is 2.29. The van der Waals surface area contributed by atoms with E-state index in [-0.39, 0.29) is 0 Å². The van der Waals surface area contributed by atoms with Crippen LogP contribution < -0.4 is 0 Å². The number of phenolic OH excluding ortho intramolecular Hbond substituents is 1. The summed E-state index contributed by atoms with van der Waals surface area (Å²) >= 11 is 3.46. The van der Waals surface area contributed by atoms with E-state index in [4.69, 9.17) is 0 Å². The van der Waals surface area contributed by atoms with Gasteiger partial charge in [-0.1, -0.05) is 52.9 Å². The summed E-state index contributed by atoms with van der Waals surface area (Å²) in [7, 11) is 0. The molecule has 114 valence electrons. The lowest BCUT2D eigenvalue weighted by atomic mass is 10.2. The molecule has 2 nitrogen and oxygen atoms in total. The summed E-state index contributed by atoms with van der Waals surface area (Å²) in [6, 6.07) is 15.4. The van der Waals surface area contributed by atoms with Crippen molar-refractivity contribution in [3.63, 3.8) is 0 Å². The average Bonchev–Trinajstić information content (AvgIpc) is 2.47. The van der Waals surface area contributed by atoms with Crippen LogP contribution in [0.3, 0.4) is 0 Å². The lowest BCUT2D eigenvalue weighted by molar-refractivity contribution is 0.299. The Morgan fingerprint density at radius 1 is 1.14 bits per heavy atom. The lowest BCUT2D eigenvalue weighted by Crippen LogP contribution is -2.24. The largest absolute Gasteiger partial charge is 0.508 e. The molecule has 0 spiro atoms. The molecule has 0 aliphatic heterocycles. The monoisotopic (exact) mass is 357 g/mol. The van der Waals surface area contributed by atoms with Gasteiger partial charge in [-0.05, 0) is 48.9 Å². The van der Waals surface area contributed by atoms with Gasteiger partial charge in [-0.3, -0.25) is 4.90 Å². The molecule has 0 aliphatic carbocycles. The first-order valence-electron chi connectivity index (χ1n) is 7.42. The zero-order valence-corrected chi connectivity index (χ0v) is 14.3. The van der Waals surface area contributed by atoms with Crippen LogP contribution in [-0.2, 0) is 6.54 Å². The number of phenols is 1. The first-order chi connectivity index (χ1) is 10.7. The van der Waals surface area contributed by atoms with Crippen LogP contribution in [0.4, 0.5) is 0 Å². The predicted molar refractivity (Wildman–Crippen MR) is 94.7 cm³/mol. The molecular weight excluding hydrogens is 338 g/mol. The van der Waals surface area contributed by atoms with Gasteiger partial charge in [0.05, 0.1) is 6.54 Å². The fraction of sp³-hybridized carbons (Fsp3) is 0.263. The first-order valence-corrected chi connectivity index (χ1v) is 8.21. The minimum absolute atomic E-state index is 0.314. The van der Waals surface area contributed by atoms with Gasteiger partial charge in [-0.2, -0.15) is 0 Å². The van der Waals surface area contributed by atoms with Gasteiger partial charge >= 0.3 is 0 Å². The van der Waals surface area contributed by atoms with E-state index < -0.39 is 0 Å². The average molecular weight is 358 g/mol. The minimum Gasteiger partial charge on any atom is -0.508 e. The highest BCUT2D eigenvalue weighted by molar-refractivity contribution is 9.10. The summed E-state index contributed by atoms with van der Waals surface area (Å²) in [5, 5.41) is 9.56. The van der Waals surface area contributed by atoms with Crippen molar-refractivity contribution in [2.24, 2.45) is 0 Å². The van der Waals surface area contributed by atoms with Gasteiger partial charge in [0.2, 0.25) is 0 Å². The molecule has 0 atom stereocenters. The van der Waals surface area contributed by atoms with Crippen molar-refractivity contribution in [1.82, 2.24) is 4.90 Å². The van der Waals surface area contributed by atoms with Crippen molar-refractivity contribution in [3.05, 3.63) is 64.1 Å². The van der Waals surface area contributed by atoms with E-state index in [9.17, 15) is 5.11 Å². The number of aromatic hydroxyl groups is 1. The number of hydrogen-bond donors (Lipinski definition) is 1. The van der Waals surface area contributed by atoms with Crippen LogP contribution in [0.5, 0.6) is 5.75 Å². The normalized spacial score (nSPS) is 10.3. The third-order valence-electron chi connectivity index (χ3n) is 3.22. The highest BCUT2D eigenvalue weighted by Crippen LogP contribution is 2.13. The molecule has 0 radical (unpaired) electrons. The molecule has 0 saturated carbocycles. The van der Waals surface area contributed by atoms with Crippen LogP contribution in [0.1, 0.15) is 24.5 Å². The second-order valence-corrected chi connectivity index (χ2v) is 6.11. The molecule has 3 heteroatoms. The molecule has 2 aromatic rings. The molecule has 2 rings (SSSR count). The Hall–Kier alpha value is -1.76. The summed E-state index contributed by atoms with van der Waals surface area (Å²) in [6.07, 6.45) is 1.08. The standard InChI is InChI=1S/C19H20BrNO/c1-2-11-21(15-17-7-4-10-19(22)14-17)12-5-8-16-6-3-9-18(20)13-16/h3-4,6-7,9-10,13-14,22H,2,11-12,15H2,1H3. The van der Waals surface area contributed by atoms with Crippen LogP contribution in [0.15, 0.2) is 53.0 Å². The maximum atomic E-state index is 9.56. The third kappa shape index (κ3) is 5.55. The topological polar surface area (TPSA) is 23.5 Å². The molecule has 2 aromatic carbocycles. The summed E-state index contributed by atoms with van der Waals surface area (Å²) in [6.45, 7) is 4.67. The number of halogens is 1. The van der Waals surface area contributed by atoms with Crippen LogP contribution >= 0.6 is 15.9 Å². The Labute approximate surface area is 140 Å². The molecule has 0 amide bonds. The van der Waals surface area contributed by atoms with Crippen LogP contribution in [0, 0.1) is 11.8 Å². The number of nitrogens with zero attached hydrogens (tertiary/aromatic N) is 1. The quantitative estimate of drug-likeness (QED) is 0.800. The smallest absolute Gasteiger partial charge is 0.115 e. The van der Waals surface area contributed by atoms with Crippen molar-refractivity contribution in [3.8, 4) is 17.6 Å². The highest BCUT2D eigenvalue weighted by atomic mass is 79.9. The fourth-order valence-corrected chi connectivity index (χ4v) is 2.66. The van der Waals surface area contributed by atoms with Gasteiger partial charge in [-0.25, -0.2) is 0 Å². The maximum absolute atomic E-state index is 9.56. The van der Waals surface area contributed by atoms with E-state index in [1.54, 1.807) is 6.07 Å². The molecule has 22 heavy (non-hydrogen) atoms. The Bertz CT molecular complexity index is 672.